The zero-order valence-electron chi connectivity index (χ0n) is 22.0. The maximum absolute atomic E-state index is 13.5. The number of aromatic nitrogens is 3. The number of benzene rings is 2. The second-order valence-electron chi connectivity index (χ2n) is 10.6. The maximum Gasteiger partial charge on any atom is 0.254 e. The van der Waals surface area contributed by atoms with E-state index in [9.17, 15) is 10.1 Å². The molecule has 194 valence electrons. The Bertz CT molecular complexity index is 1560. The Morgan fingerprint density at radius 1 is 1.21 bits per heavy atom. The van der Waals surface area contributed by atoms with E-state index in [1.165, 1.54) is 5.56 Å². The molecule has 0 spiro atoms. The van der Waals surface area contributed by atoms with E-state index in [0.29, 0.717) is 47.4 Å². The minimum absolute atomic E-state index is 0.0214. The van der Waals surface area contributed by atoms with Gasteiger partial charge in [-0.3, -0.25) is 4.79 Å². The summed E-state index contributed by atoms with van der Waals surface area (Å²) in [6.07, 6.45) is 2.05. The molecule has 2 N–H and O–H groups in total. The highest BCUT2D eigenvalue weighted by atomic mass is 16.5. The summed E-state index contributed by atoms with van der Waals surface area (Å²) < 4.78 is 9.77. The first-order valence-corrected chi connectivity index (χ1v) is 13.2. The summed E-state index contributed by atoms with van der Waals surface area (Å²) in [6.45, 7) is 3.51. The molecule has 1 aliphatic heterocycles. The number of nitriles is 1. The zero-order chi connectivity index (χ0) is 26.6. The number of ether oxygens (including phenoxy) is 1. The van der Waals surface area contributed by atoms with Gasteiger partial charge in [0.05, 0.1) is 18.3 Å². The molecular weight excluding hydrogens is 476 g/mol. The number of carbonyl (C=O) groups is 1. The zero-order valence-corrected chi connectivity index (χ0v) is 22.0. The molecule has 2 fully saturated rings. The van der Waals surface area contributed by atoms with Crippen LogP contribution in [-0.2, 0) is 13.6 Å². The Morgan fingerprint density at radius 3 is 2.66 bits per heavy atom. The second-order valence-corrected chi connectivity index (χ2v) is 10.6. The molecule has 1 aliphatic carbocycles. The van der Waals surface area contributed by atoms with Crippen LogP contribution in [0.25, 0.3) is 22.6 Å². The summed E-state index contributed by atoms with van der Waals surface area (Å²) in [6, 6.07) is 20.2. The lowest BCUT2D eigenvalue weighted by atomic mass is 10.0. The Kier molecular flexibility index (Phi) is 5.96. The van der Waals surface area contributed by atoms with Gasteiger partial charge in [0, 0.05) is 37.8 Å². The van der Waals surface area contributed by atoms with E-state index in [0.717, 1.165) is 24.1 Å². The number of hydrogen-bond donors (Lipinski definition) is 1. The number of methoxy groups -OCH3 is 1. The third-order valence-electron chi connectivity index (χ3n) is 8.46. The van der Waals surface area contributed by atoms with Crippen LogP contribution in [0.3, 0.4) is 0 Å². The lowest BCUT2D eigenvalue weighted by molar-refractivity contribution is 0.0700. The van der Waals surface area contributed by atoms with Gasteiger partial charge < -0.3 is 24.5 Å². The highest BCUT2D eigenvalue weighted by molar-refractivity contribution is 6.00. The summed E-state index contributed by atoms with van der Waals surface area (Å²) in [7, 11) is 3.55. The van der Waals surface area contributed by atoms with Gasteiger partial charge in [0.25, 0.3) is 5.91 Å². The summed E-state index contributed by atoms with van der Waals surface area (Å²) in [5, 5.41) is 9.85. The quantitative estimate of drug-likeness (QED) is 0.419. The van der Waals surface area contributed by atoms with E-state index >= 15 is 0 Å². The molecule has 38 heavy (non-hydrogen) atoms. The number of nitrogens with two attached hydrogens (primary N) is 1. The lowest BCUT2D eigenvalue weighted by Gasteiger charge is -2.27. The molecule has 8 heteroatoms. The predicted octanol–water partition coefficient (Wildman–Crippen LogP) is 4.29. The van der Waals surface area contributed by atoms with Crippen LogP contribution < -0.4 is 10.5 Å². The van der Waals surface area contributed by atoms with Crippen molar-refractivity contribution in [1.29, 1.82) is 5.26 Å². The first-order chi connectivity index (χ1) is 18.4. The Labute approximate surface area is 222 Å². The molecule has 1 amide bonds. The minimum atomic E-state index is -0.0214. The molecular formula is C30H32N6O2. The largest absolute Gasteiger partial charge is 0.494 e. The molecule has 8 nitrogen and oxygen atoms in total. The highest BCUT2D eigenvalue weighted by Crippen LogP contribution is 2.39. The highest BCUT2D eigenvalue weighted by Gasteiger charge is 2.47. The molecule has 3 heterocycles. The van der Waals surface area contributed by atoms with Crippen molar-refractivity contribution >= 4 is 16.9 Å². The van der Waals surface area contributed by atoms with E-state index < -0.39 is 0 Å². The van der Waals surface area contributed by atoms with Crippen molar-refractivity contribution in [1.82, 2.24) is 19.0 Å². The first-order valence-electron chi connectivity index (χ1n) is 13.2. The normalized spacial score (nSPS) is 21.1. The number of aryl methyl sites for hydroxylation is 1. The molecule has 6 rings (SSSR count). The fourth-order valence-corrected chi connectivity index (χ4v) is 6.38. The number of rotatable bonds is 6. The van der Waals surface area contributed by atoms with Crippen LogP contribution in [0.4, 0.5) is 0 Å². The topological polar surface area (TPSA) is 102 Å². The number of hydrogen-bond acceptors (Lipinski definition) is 5. The molecule has 2 aliphatic rings. The molecule has 2 aromatic carbocycles. The van der Waals surface area contributed by atoms with Crippen molar-refractivity contribution in [3.05, 3.63) is 71.4 Å². The van der Waals surface area contributed by atoms with Crippen LogP contribution in [-0.4, -0.2) is 50.7 Å². The summed E-state index contributed by atoms with van der Waals surface area (Å²) >= 11 is 0. The predicted molar refractivity (Wildman–Crippen MR) is 146 cm³/mol. The molecule has 0 radical (unpaired) electrons. The number of nitrogens with zero attached hydrogens (tertiary/aromatic N) is 5. The van der Waals surface area contributed by atoms with Gasteiger partial charge in [-0.15, -0.1) is 0 Å². The fraction of sp³-hybridized carbons (Fsp3) is 0.367. The number of fused-ring (bicyclic) bond motifs is 3. The number of imidazole rings is 1. The standard InChI is InChI=1S/C30H32N6O2/c1-18(19-7-5-4-6-8-19)16-35-22(15-31)10-12-25(35)29-33-23-13-21(14-26(38-3)28(23)34(29)2)30(37)36-17-20-9-11-24(36)27(20)32/h4-8,10,12-14,18,20,24,27H,9,11,16-17,32H2,1-3H3/t18-,20+,24+,27+/m0/s1. The van der Waals surface area contributed by atoms with Gasteiger partial charge >= 0.3 is 0 Å². The molecule has 4 aromatic rings. The van der Waals surface area contributed by atoms with Crippen molar-refractivity contribution < 1.29 is 9.53 Å². The van der Waals surface area contributed by atoms with Crippen LogP contribution in [0.1, 0.15) is 47.3 Å². The minimum Gasteiger partial charge on any atom is -0.494 e. The lowest BCUT2D eigenvalue weighted by Crippen LogP contribution is -2.41. The molecule has 0 unspecified atom stereocenters. The van der Waals surface area contributed by atoms with Crippen LogP contribution in [0.2, 0.25) is 0 Å². The van der Waals surface area contributed by atoms with Crippen LogP contribution in [0, 0.1) is 17.2 Å². The molecule has 4 atom stereocenters. The molecule has 2 aromatic heterocycles. The number of likely N-dealkylation sites (tertiary alicyclic amines) is 1. The van der Waals surface area contributed by atoms with E-state index in [1.54, 1.807) is 7.11 Å². The molecule has 2 bridgehead atoms. The van der Waals surface area contributed by atoms with E-state index in [2.05, 4.69) is 25.1 Å². The third kappa shape index (κ3) is 3.77. The summed E-state index contributed by atoms with van der Waals surface area (Å²) in [5.41, 5.74) is 11.1. The number of carbonyl (C=O) groups excluding carboxylic acids is 1. The molecule has 1 saturated carbocycles. The van der Waals surface area contributed by atoms with Gasteiger partial charge in [0.15, 0.2) is 5.82 Å². The summed E-state index contributed by atoms with van der Waals surface area (Å²) in [4.78, 5) is 20.4. The average molecular weight is 509 g/mol. The smallest absolute Gasteiger partial charge is 0.254 e. The Morgan fingerprint density at radius 2 is 2.00 bits per heavy atom. The summed E-state index contributed by atoms with van der Waals surface area (Å²) in [5.74, 6) is 1.87. The third-order valence-corrected chi connectivity index (χ3v) is 8.46. The van der Waals surface area contributed by atoms with Gasteiger partial charge in [0.2, 0.25) is 0 Å². The number of amides is 1. The maximum atomic E-state index is 13.5. The van der Waals surface area contributed by atoms with Crippen molar-refractivity contribution in [2.45, 2.75) is 44.3 Å². The Balaban J connectivity index is 1.40. The van der Waals surface area contributed by atoms with Gasteiger partial charge in [-0.05, 0) is 54.5 Å². The van der Waals surface area contributed by atoms with Crippen LogP contribution in [0.15, 0.2) is 54.6 Å². The van der Waals surface area contributed by atoms with E-state index in [-0.39, 0.29) is 23.9 Å². The second kappa shape index (κ2) is 9.34. The average Bonchev–Trinajstić information content (AvgIpc) is 3.69. The van der Waals surface area contributed by atoms with Gasteiger partial charge in [0.1, 0.15) is 23.0 Å². The van der Waals surface area contributed by atoms with Crippen molar-refractivity contribution in [2.75, 3.05) is 13.7 Å². The Hall–Kier alpha value is -4.09. The van der Waals surface area contributed by atoms with Gasteiger partial charge in [-0.1, -0.05) is 37.3 Å². The van der Waals surface area contributed by atoms with E-state index in [4.69, 9.17) is 15.5 Å². The number of piperidine rings is 1. The molecule has 1 saturated heterocycles. The van der Waals surface area contributed by atoms with E-state index in [1.807, 2.05) is 63.5 Å². The van der Waals surface area contributed by atoms with Crippen LogP contribution in [0.5, 0.6) is 5.75 Å². The van der Waals surface area contributed by atoms with Gasteiger partial charge in [-0.25, -0.2) is 4.98 Å². The SMILES string of the molecule is COc1cc(C(=O)N2C[C@H]3CC[C@@H]2[C@@H]3N)cc2nc(-c3ccc(C#N)n3C[C@H](C)c3ccccc3)n(C)c12. The fourth-order valence-electron chi connectivity index (χ4n) is 6.38. The van der Waals surface area contributed by atoms with Gasteiger partial charge in [-0.2, -0.15) is 5.26 Å². The van der Waals surface area contributed by atoms with Crippen molar-refractivity contribution in [3.63, 3.8) is 0 Å². The monoisotopic (exact) mass is 508 g/mol. The van der Waals surface area contributed by atoms with Crippen molar-refractivity contribution in [2.24, 2.45) is 18.7 Å². The van der Waals surface area contributed by atoms with Crippen LogP contribution >= 0.6 is 0 Å². The van der Waals surface area contributed by atoms with Crippen molar-refractivity contribution in [3.8, 4) is 23.3 Å². The first kappa shape index (κ1) is 24.3.